The maximum Gasteiger partial charge on any atom is 0.119 e. The highest BCUT2D eigenvalue weighted by molar-refractivity contribution is 5.29. The Hall–Kier alpha value is -1.80. The molecule has 24 heavy (non-hydrogen) atoms. The molecule has 1 N–H and O–H groups in total. The van der Waals surface area contributed by atoms with Crippen molar-refractivity contribution in [1.82, 2.24) is 5.32 Å². The normalized spacial score (nSPS) is 12.4. The topological polar surface area (TPSA) is 21.3 Å². The van der Waals surface area contributed by atoms with Crippen LogP contribution < -0.4 is 10.1 Å². The molecule has 0 bridgehead atoms. The van der Waals surface area contributed by atoms with E-state index in [2.05, 4.69) is 81.5 Å². The van der Waals surface area contributed by atoms with Gasteiger partial charge >= 0.3 is 0 Å². The van der Waals surface area contributed by atoms with Crippen molar-refractivity contribution in [2.24, 2.45) is 5.92 Å². The molecule has 0 aliphatic rings. The van der Waals surface area contributed by atoms with Crippen molar-refractivity contribution in [2.45, 2.75) is 53.1 Å². The van der Waals surface area contributed by atoms with E-state index in [9.17, 15) is 0 Å². The molecular weight excluding hydrogens is 294 g/mol. The number of hydrogen-bond acceptors (Lipinski definition) is 2. The number of nitrogens with one attached hydrogen (secondary N) is 1. The molecule has 0 saturated heterocycles. The van der Waals surface area contributed by atoms with E-state index in [0.29, 0.717) is 12.0 Å². The van der Waals surface area contributed by atoms with Gasteiger partial charge in [-0.2, -0.15) is 0 Å². The second-order valence-corrected chi connectivity index (χ2v) is 6.93. The fraction of sp³-hybridized carbons (Fsp3) is 0.455. The second-order valence-electron chi connectivity index (χ2n) is 6.93. The van der Waals surface area contributed by atoms with Crippen LogP contribution in [0.3, 0.4) is 0 Å². The molecule has 0 radical (unpaired) electrons. The molecule has 1 unspecified atom stereocenters. The van der Waals surface area contributed by atoms with Crippen molar-refractivity contribution in [3.63, 3.8) is 0 Å². The number of ether oxygens (including phenoxy) is 1. The summed E-state index contributed by atoms with van der Waals surface area (Å²) >= 11 is 0. The molecule has 2 nitrogen and oxygen atoms in total. The predicted octanol–water partition coefficient (Wildman–Crippen LogP) is 5.66. The second kappa shape index (κ2) is 9.48. The van der Waals surface area contributed by atoms with Gasteiger partial charge in [0.05, 0.1) is 6.61 Å². The summed E-state index contributed by atoms with van der Waals surface area (Å²) in [6.07, 6.45) is 2.16. The van der Waals surface area contributed by atoms with Gasteiger partial charge in [-0.15, -0.1) is 0 Å². The molecule has 0 heterocycles. The molecule has 0 amide bonds. The summed E-state index contributed by atoms with van der Waals surface area (Å²) in [5, 5.41) is 3.66. The number of hydrogen-bond donors (Lipinski definition) is 1. The Morgan fingerprint density at radius 3 is 2.21 bits per heavy atom. The summed E-state index contributed by atoms with van der Waals surface area (Å²) in [5.74, 6) is 1.65. The third-order valence-corrected chi connectivity index (χ3v) is 4.33. The third kappa shape index (κ3) is 6.01. The smallest absolute Gasteiger partial charge is 0.119 e. The average Bonchev–Trinajstić information content (AvgIpc) is 2.58. The lowest BCUT2D eigenvalue weighted by atomic mass is 10.0. The Kier molecular flexibility index (Phi) is 7.33. The lowest BCUT2D eigenvalue weighted by Crippen LogP contribution is -2.20. The van der Waals surface area contributed by atoms with Crippen LogP contribution in [0, 0.1) is 12.8 Å². The summed E-state index contributed by atoms with van der Waals surface area (Å²) < 4.78 is 5.81. The van der Waals surface area contributed by atoms with E-state index in [1.54, 1.807) is 0 Å². The summed E-state index contributed by atoms with van der Waals surface area (Å²) in [6, 6.07) is 17.6. The van der Waals surface area contributed by atoms with Gasteiger partial charge in [-0.05, 0) is 48.9 Å². The lowest BCUT2D eigenvalue weighted by Gasteiger charge is -2.18. The molecule has 2 heteroatoms. The zero-order chi connectivity index (χ0) is 17.4. The Balaban J connectivity index is 1.88. The van der Waals surface area contributed by atoms with Crippen LogP contribution >= 0.6 is 0 Å². The molecule has 1 atom stereocenters. The van der Waals surface area contributed by atoms with Crippen LogP contribution in [0.15, 0.2) is 48.5 Å². The summed E-state index contributed by atoms with van der Waals surface area (Å²) in [6.45, 7) is 10.5. The molecule has 0 saturated carbocycles. The molecule has 130 valence electrons. The van der Waals surface area contributed by atoms with Gasteiger partial charge in [0.2, 0.25) is 0 Å². The molecule has 2 aromatic rings. The van der Waals surface area contributed by atoms with Crippen LogP contribution in [0.1, 0.15) is 56.3 Å². The van der Waals surface area contributed by atoms with Gasteiger partial charge in [0.25, 0.3) is 0 Å². The van der Waals surface area contributed by atoms with Crippen LogP contribution in [-0.4, -0.2) is 6.61 Å². The van der Waals surface area contributed by atoms with Gasteiger partial charge in [-0.1, -0.05) is 62.7 Å². The standard InChI is InChI=1S/C22H31NO/c1-5-22(23-16-19-8-6-18(4)7-9-19)20-10-12-21(13-11-20)24-15-14-17(2)3/h6-13,17,22-23H,5,14-16H2,1-4H3. The fourth-order valence-corrected chi connectivity index (χ4v) is 2.65. The third-order valence-electron chi connectivity index (χ3n) is 4.33. The largest absolute Gasteiger partial charge is 0.494 e. The first-order valence-corrected chi connectivity index (χ1v) is 9.10. The molecule has 0 aromatic heterocycles. The first kappa shape index (κ1) is 18.5. The highest BCUT2D eigenvalue weighted by Crippen LogP contribution is 2.21. The van der Waals surface area contributed by atoms with Crippen molar-refractivity contribution < 1.29 is 4.74 Å². The molecule has 0 aliphatic heterocycles. The maximum absolute atomic E-state index is 5.81. The Labute approximate surface area is 147 Å². The first-order valence-electron chi connectivity index (χ1n) is 9.10. The zero-order valence-corrected chi connectivity index (χ0v) is 15.5. The van der Waals surface area contributed by atoms with Gasteiger partial charge in [0, 0.05) is 12.6 Å². The van der Waals surface area contributed by atoms with Gasteiger partial charge in [-0.3, -0.25) is 0 Å². The molecule has 0 spiro atoms. The minimum atomic E-state index is 0.371. The highest BCUT2D eigenvalue weighted by atomic mass is 16.5. The molecule has 0 fully saturated rings. The van der Waals surface area contributed by atoms with Gasteiger partial charge in [0.15, 0.2) is 0 Å². The first-order chi connectivity index (χ1) is 11.6. The van der Waals surface area contributed by atoms with Crippen LogP contribution in [-0.2, 0) is 6.54 Å². The SMILES string of the molecule is CCC(NCc1ccc(C)cc1)c1ccc(OCCC(C)C)cc1. The minimum absolute atomic E-state index is 0.371. The van der Waals surface area contributed by atoms with Crippen LogP contribution in [0.4, 0.5) is 0 Å². The quantitative estimate of drug-likeness (QED) is 0.642. The monoisotopic (exact) mass is 325 g/mol. The Morgan fingerprint density at radius 2 is 1.62 bits per heavy atom. The van der Waals surface area contributed by atoms with E-state index in [1.165, 1.54) is 16.7 Å². The average molecular weight is 325 g/mol. The predicted molar refractivity (Wildman–Crippen MR) is 102 cm³/mol. The number of benzene rings is 2. The number of rotatable bonds is 9. The van der Waals surface area contributed by atoms with Crippen molar-refractivity contribution in [3.8, 4) is 5.75 Å². The number of aryl methyl sites for hydroxylation is 1. The van der Waals surface area contributed by atoms with Gasteiger partial charge in [-0.25, -0.2) is 0 Å². The van der Waals surface area contributed by atoms with Gasteiger partial charge in [0.1, 0.15) is 5.75 Å². The Bertz CT molecular complexity index is 586. The molecule has 2 aromatic carbocycles. The fourth-order valence-electron chi connectivity index (χ4n) is 2.65. The zero-order valence-electron chi connectivity index (χ0n) is 15.5. The molecular formula is C22H31NO. The Morgan fingerprint density at radius 1 is 0.958 bits per heavy atom. The summed E-state index contributed by atoms with van der Waals surface area (Å²) in [4.78, 5) is 0. The van der Waals surface area contributed by atoms with E-state index < -0.39 is 0 Å². The lowest BCUT2D eigenvalue weighted by molar-refractivity contribution is 0.289. The van der Waals surface area contributed by atoms with Crippen molar-refractivity contribution >= 4 is 0 Å². The van der Waals surface area contributed by atoms with E-state index in [0.717, 1.165) is 31.7 Å². The summed E-state index contributed by atoms with van der Waals surface area (Å²) in [5.41, 5.74) is 3.95. The van der Waals surface area contributed by atoms with Crippen LogP contribution in [0.5, 0.6) is 5.75 Å². The van der Waals surface area contributed by atoms with Crippen molar-refractivity contribution in [1.29, 1.82) is 0 Å². The molecule has 2 rings (SSSR count). The van der Waals surface area contributed by atoms with Crippen molar-refractivity contribution in [3.05, 3.63) is 65.2 Å². The van der Waals surface area contributed by atoms with Crippen molar-refractivity contribution in [2.75, 3.05) is 6.61 Å². The van der Waals surface area contributed by atoms with E-state index in [4.69, 9.17) is 4.74 Å². The van der Waals surface area contributed by atoms with E-state index in [1.807, 2.05) is 0 Å². The minimum Gasteiger partial charge on any atom is -0.494 e. The van der Waals surface area contributed by atoms with E-state index >= 15 is 0 Å². The maximum atomic E-state index is 5.81. The van der Waals surface area contributed by atoms with E-state index in [-0.39, 0.29) is 0 Å². The van der Waals surface area contributed by atoms with Gasteiger partial charge < -0.3 is 10.1 Å². The summed E-state index contributed by atoms with van der Waals surface area (Å²) in [7, 11) is 0. The highest BCUT2D eigenvalue weighted by Gasteiger charge is 2.09. The van der Waals surface area contributed by atoms with Crippen LogP contribution in [0.25, 0.3) is 0 Å². The van der Waals surface area contributed by atoms with Crippen LogP contribution in [0.2, 0.25) is 0 Å². The molecule has 0 aliphatic carbocycles.